The van der Waals surface area contributed by atoms with E-state index in [0.29, 0.717) is 32.4 Å². The van der Waals surface area contributed by atoms with E-state index in [1.165, 1.54) is 0 Å². The first-order valence-electron chi connectivity index (χ1n) is 8.07. The minimum atomic E-state index is -4.35. The highest BCUT2D eigenvalue weighted by Gasteiger charge is 2.42. The van der Waals surface area contributed by atoms with E-state index in [9.17, 15) is 22.8 Å². The lowest BCUT2D eigenvalue weighted by Crippen LogP contribution is -2.49. The third-order valence-corrected chi connectivity index (χ3v) is 4.41. The first kappa shape index (κ1) is 18.0. The molecule has 0 radical (unpaired) electrons. The predicted octanol–water partition coefficient (Wildman–Crippen LogP) is 1.39. The molecule has 2 rings (SSSR count). The standard InChI is InChI=1S/C15H24F3N3O2/c1-10(2)19-13(22)11-3-6-20(7-4-11)12-5-8-21(14(12)23)9-15(16,17)18/h10-12H,3-9H2,1-2H3,(H,19,22). The number of nitrogens with one attached hydrogen (secondary N) is 1. The Morgan fingerprint density at radius 2 is 1.83 bits per heavy atom. The van der Waals surface area contributed by atoms with Gasteiger partial charge in [0.1, 0.15) is 6.54 Å². The third kappa shape index (κ3) is 4.83. The summed E-state index contributed by atoms with van der Waals surface area (Å²) in [5.41, 5.74) is 0. The Hall–Kier alpha value is -1.31. The van der Waals surface area contributed by atoms with Gasteiger partial charge in [-0.1, -0.05) is 0 Å². The largest absolute Gasteiger partial charge is 0.406 e. The van der Waals surface area contributed by atoms with Crippen LogP contribution in [0.2, 0.25) is 0 Å². The number of amides is 2. The van der Waals surface area contributed by atoms with Crippen molar-refractivity contribution >= 4 is 11.8 Å². The van der Waals surface area contributed by atoms with Crippen molar-refractivity contribution in [1.29, 1.82) is 0 Å². The molecule has 8 heteroatoms. The Balaban J connectivity index is 1.84. The van der Waals surface area contributed by atoms with Gasteiger partial charge in [0.05, 0.1) is 6.04 Å². The molecule has 2 fully saturated rings. The molecule has 2 amide bonds. The van der Waals surface area contributed by atoms with Gasteiger partial charge in [-0.15, -0.1) is 0 Å². The van der Waals surface area contributed by atoms with Gasteiger partial charge in [-0.3, -0.25) is 14.5 Å². The van der Waals surface area contributed by atoms with Crippen LogP contribution < -0.4 is 5.32 Å². The predicted molar refractivity (Wildman–Crippen MR) is 78.6 cm³/mol. The summed E-state index contributed by atoms with van der Waals surface area (Å²) in [6.07, 6.45) is -2.65. The monoisotopic (exact) mass is 335 g/mol. The zero-order valence-corrected chi connectivity index (χ0v) is 13.5. The molecule has 0 aromatic carbocycles. The number of hydrogen-bond donors (Lipinski definition) is 1. The quantitative estimate of drug-likeness (QED) is 0.845. The fourth-order valence-corrected chi connectivity index (χ4v) is 3.31. The zero-order chi connectivity index (χ0) is 17.2. The average molecular weight is 335 g/mol. The van der Waals surface area contributed by atoms with Crippen LogP contribution in [0.25, 0.3) is 0 Å². The molecule has 0 saturated carbocycles. The molecular formula is C15H24F3N3O2. The number of piperidine rings is 1. The summed E-state index contributed by atoms with van der Waals surface area (Å²) in [6.45, 7) is 3.93. The van der Waals surface area contributed by atoms with E-state index < -0.39 is 24.7 Å². The van der Waals surface area contributed by atoms with Crippen LogP contribution in [-0.2, 0) is 9.59 Å². The van der Waals surface area contributed by atoms with Gasteiger partial charge in [-0.25, -0.2) is 0 Å². The Labute approximate surface area is 134 Å². The molecule has 2 aliphatic rings. The summed E-state index contributed by atoms with van der Waals surface area (Å²) >= 11 is 0. The van der Waals surface area contributed by atoms with Crippen LogP contribution in [-0.4, -0.2) is 66.1 Å². The fraction of sp³-hybridized carbons (Fsp3) is 0.867. The molecule has 2 aliphatic heterocycles. The molecule has 0 aromatic rings. The second-order valence-corrected chi connectivity index (χ2v) is 6.65. The van der Waals surface area contributed by atoms with Crippen molar-refractivity contribution in [2.75, 3.05) is 26.2 Å². The van der Waals surface area contributed by atoms with Crippen LogP contribution in [0, 0.1) is 5.92 Å². The van der Waals surface area contributed by atoms with E-state index in [0.717, 1.165) is 4.90 Å². The van der Waals surface area contributed by atoms with E-state index in [4.69, 9.17) is 0 Å². The summed E-state index contributed by atoms with van der Waals surface area (Å²) < 4.78 is 37.3. The van der Waals surface area contributed by atoms with E-state index in [1.807, 2.05) is 18.7 Å². The molecule has 132 valence electrons. The molecule has 0 bridgehead atoms. The molecule has 1 unspecified atom stereocenters. The molecule has 23 heavy (non-hydrogen) atoms. The van der Waals surface area contributed by atoms with Gasteiger partial charge in [0.15, 0.2) is 0 Å². The van der Waals surface area contributed by atoms with Crippen molar-refractivity contribution < 1.29 is 22.8 Å². The highest BCUT2D eigenvalue weighted by Crippen LogP contribution is 2.26. The molecule has 1 N–H and O–H groups in total. The molecule has 0 aliphatic carbocycles. The maximum atomic E-state index is 12.4. The first-order valence-corrected chi connectivity index (χ1v) is 8.07. The maximum absolute atomic E-state index is 12.4. The van der Waals surface area contributed by atoms with Gasteiger partial charge in [0.2, 0.25) is 11.8 Å². The minimum absolute atomic E-state index is 0.0242. The SMILES string of the molecule is CC(C)NC(=O)C1CCN(C2CCN(CC(F)(F)F)C2=O)CC1. The fourth-order valence-electron chi connectivity index (χ4n) is 3.31. The summed E-state index contributed by atoms with van der Waals surface area (Å²) in [7, 11) is 0. The lowest BCUT2D eigenvalue weighted by atomic mass is 9.94. The third-order valence-electron chi connectivity index (χ3n) is 4.41. The lowest BCUT2D eigenvalue weighted by molar-refractivity contribution is -0.159. The topological polar surface area (TPSA) is 52.7 Å². The van der Waals surface area contributed by atoms with Gasteiger partial charge in [-0.05, 0) is 46.2 Å². The number of hydrogen-bond acceptors (Lipinski definition) is 3. The minimum Gasteiger partial charge on any atom is -0.354 e. The van der Waals surface area contributed by atoms with Gasteiger partial charge < -0.3 is 10.2 Å². The zero-order valence-electron chi connectivity index (χ0n) is 13.5. The molecule has 0 aromatic heterocycles. The lowest BCUT2D eigenvalue weighted by Gasteiger charge is -2.34. The number of nitrogens with zero attached hydrogens (tertiary/aromatic N) is 2. The second-order valence-electron chi connectivity index (χ2n) is 6.65. The number of rotatable bonds is 4. The number of carbonyl (C=O) groups is 2. The summed E-state index contributed by atoms with van der Waals surface area (Å²) in [5.74, 6) is -0.486. The van der Waals surface area contributed by atoms with E-state index >= 15 is 0 Å². The number of halogens is 3. The van der Waals surface area contributed by atoms with Crippen molar-refractivity contribution in [3.8, 4) is 0 Å². The van der Waals surface area contributed by atoms with Crippen LogP contribution in [0.1, 0.15) is 33.1 Å². The van der Waals surface area contributed by atoms with E-state index in [1.54, 1.807) is 0 Å². The van der Waals surface area contributed by atoms with Crippen LogP contribution in [0.15, 0.2) is 0 Å². The van der Waals surface area contributed by atoms with E-state index in [2.05, 4.69) is 5.32 Å². The maximum Gasteiger partial charge on any atom is 0.406 e. The number of likely N-dealkylation sites (tertiary alicyclic amines) is 2. The van der Waals surface area contributed by atoms with Crippen molar-refractivity contribution in [3.05, 3.63) is 0 Å². The number of carbonyl (C=O) groups excluding carboxylic acids is 2. The van der Waals surface area contributed by atoms with Gasteiger partial charge in [-0.2, -0.15) is 13.2 Å². The Morgan fingerprint density at radius 1 is 1.22 bits per heavy atom. The van der Waals surface area contributed by atoms with Crippen LogP contribution in [0.5, 0.6) is 0 Å². The number of alkyl halides is 3. The highest BCUT2D eigenvalue weighted by molar-refractivity contribution is 5.84. The van der Waals surface area contributed by atoms with Crippen molar-refractivity contribution in [3.63, 3.8) is 0 Å². The molecule has 2 heterocycles. The first-order chi connectivity index (χ1) is 10.7. The van der Waals surface area contributed by atoms with Crippen molar-refractivity contribution in [2.45, 2.75) is 51.4 Å². The summed E-state index contributed by atoms with van der Waals surface area (Å²) in [6, 6.07) is -0.376. The van der Waals surface area contributed by atoms with Crippen LogP contribution >= 0.6 is 0 Å². The van der Waals surface area contributed by atoms with Gasteiger partial charge in [0, 0.05) is 18.5 Å². The van der Waals surface area contributed by atoms with Crippen molar-refractivity contribution in [2.24, 2.45) is 5.92 Å². The average Bonchev–Trinajstić information content (AvgIpc) is 2.78. The smallest absolute Gasteiger partial charge is 0.354 e. The highest BCUT2D eigenvalue weighted by atomic mass is 19.4. The van der Waals surface area contributed by atoms with Crippen molar-refractivity contribution in [1.82, 2.24) is 15.1 Å². The van der Waals surface area contributed by atoms with Crippen LogP contribution in [0.3, 0.4) is 0 Å². The van der Waals surface area contributed by atoms with Gasteiger partial charge >= 0.3 is 6.18 Å². The van der Waals surface area contributed by atoms with E-state index in [-0.39, 0.29) is 24.4 Å². The molecule has 1 atom stereocenters. The Kier molecular flexibility index (Phi) is 5.54. The van der Waals surface area contributed by atoms with Crippen LogP contribution in [0.4, 0.5) is 13.2 Å². The Morgan fingerprint density at radius 3 is 2.35 bits per heavy atom. The molecular weight excluding hydrogens is 311 g/mol. The summed E-state index contributed by atoms with van der Waals surface area (Å²) in [5, 5.41) is 2.88. The normalized spacial score (nSPS) is 24.5. The summed E-state index contributed by atoms with van der Waals surface area (Å²) in [4.78, 5) is 26.9. The van der Waals surface area contributed by atoms with Gasteiger partial charge in [0.25, 0.3) is 0 Å². The Bertz CT molecular complexity index is 446. The molecule has 2 saturated heterocycles. The second kappa shape index (κ2) is 7.07. The molecule has 5 nitrogen and oxygen atoms in total. The molecule has 0 spiro atoms.